The van der Waals surface area contributed by atoms with Gasteiger partial charge in [0, 0.05) is 16.7 Å². The van der Waals surface area contributed by atoms with E-state index in [4.69, 9.17) is 9.52 Å². The number of hydrogen-bond acceptors (Lipinski definition) is 3. The van der Waals surface area contributed by atoms with Gasteiger partial charge in [-0.25, -0.2) is 0 Å². The van der Waals surface area contributed by atoms with Gasteiger partial charge in [-0.05, 0) is 36.4 Å². The highest BCUT2D eigenvalue weighted by Crippen LogP contribution is 2.24. The number of rotatable bonds is 3. The average molecular weight is 273 g/mol. The lowest BCUT2D eigenvalue weighted by Gasteiger charge is -2.17. The van der Waals surface area contributed by atoms with Gasteiger partial charge in [0.1, 0.15) is 18.1 Å². The molecule has 2 N–H and O–H groups in total. The first-order valence-electron chi connectivity index (χ1n) is 6.51. The van der Waals surface area contributed by atoms with Gasteiger partial charge in [0.15, 0.2) is 0 Å². The van der Waals surface area contributed by atoms with Crippen LogP contribution < -0.4 is 5.32 Å². The van der Waals surface area contributed by atoms with Gasteiger partial charge in [-0.3, -0.25) is 4.79 Å². The van der Waals surface area contributed by atoms with Gasteiger partial charge < -0.3 is 14.8 Å². The molecule has 1 aromatic carbocycles. The van der Waals surface area contributed by atoms with Crippen molar-refractivity contribution in [3.8, 4) is 11.3 Å². The molecule has 0 radical (unpaired) electrons. The molecule has 0 atom stereocenters. The minimum absolute atomic E-state index is 0.0224. The second-order valence-electron chi connectivity index (χ2n) is 5.71. The molecule has 0 aliphatic carbocycles. The molecule has 0 spiro atoms. The summed E-state index contributed by atoms with van der Waals surface area (Å²) in [4.78, 5) is 11.9. The zero-order chi connectivity index (χ0) is 14.8. The summed E-state index contributed by atoms with van der Waals surface area (Å²) in [6.07, 6.45) is 0. The molecule has 4 nitrogen and oxygen atoms in total. The predicted molar refractivity (Wildman–Crippen MR) is 78.2 cm³/mol. The third-order valence-corrected chi connectivity index (χ3v) is 2.93. The van der Waals surface area contributed by atoms with E-state index in [1.54, 1.807) is 6.07 Å². The van der Waals surface area contributed by atoms with Gasteiger partial charge in [-0.1, -0.05) is 20.8 Å². The maximum atomic E-state index is 11.9. The molecule has 1 heterocycles. The maximum absolute atomic E-state index is 11.9. The number of hydrogen-bond donors (Lipinski definition) is 2. The summed E-state index contributed by atoms with van der Waals surface area (Å²) in [6.45, 7) is 5.50. The minimum Gasteiger partial charge on any atom is -0.459 e. The molecule has 106 valence electrons. The fourth-order valence-electron chi connectivity index (χ4n) is 1.65. The van der Waals surface area contributed by atoms with E-state index in [2.05, 4.69) is 5.32 Å². The van der Waals surface area contributed by atoms with Gasteiger partial charge in [0.05, 0.1) is 0 Å². The van der Waals surface area contributed by atoms with Crippen LogP contribution in [0.1, 0.15) is 26.5 Å². The second kappa shape index (κ2) is 5.51. The normalized spacial score (nSPS) is 11.4. The summed E-state index contributed by atoms with van der Waals surface area (Å²) in [5.41, 5.74) is 1.23. The monoisotopic (exact) mass is 273 g/mol. The van der Waals surface area contributed by atoms with E-state index < -0.39 is 5.41 Å². The number of furan rings is 1. The number of carbonyl (C=O) groups is 1. The maximum Gasteiger partial charge on any atom is 0.229 e. The van der Waals surface area contributed by atoms with Gasteiger partial charge in [-0.2, -0.15) is 0 Å². The highest BCUT2D eigenvalue weighted by molar-refractivity contribution is 5.94. The van der Waals surface area contributed by atoms with E-state index >= 15 is 0 Å². The largest absolute Gasteiger partial charge is 0.459 e. The van der Waals surface area contributed by atoms with Crippen LogP contribution >= 0.6 is 0 Å². The molecule has 0 fully saturated rings. The molecule has 1 aromatic heterocycles. The third kappa shape index (κ3) is 3.27. The van der Waals surface area contributed by atoms with E-state index in [0.717, 1.165) is 11.3 Å². The van der Waals surface area contributed by atoms with E-state index in [-0.39, 0.29) is 12.5 Å². The summed E-state index contributed by atoms with van der Waals surface area (Å²) < 4.78 is 5.46. The van der Waals surface area contributed by atoms with Crippen LogP contribution in [-0.4, -0.2) is 11.0 Å². The number of carbonyl (C=O) groups excluding carboxylic acids is 1. The van der Waals surface area contributed by atoms with Crippen LogP contribution in [0.3, 0.4) is 0 Å². The fraction of sp³-hybridized carbons (Fsp3) is 0.312. The standard InChI is InChI=1S/C16H19NO3/c1-16(2,3)15(19)17-12-6-4-11(5-7-12)14-9-8-13(10-18)20-14/h4-9,18H,10H2,1-3H3,(H,17,19). The highest BCUT2D eigenvalue weighted by atomic mass is 16.4. The van der Waals surface area contributed by atoms with Gasteiger partial charge in [0.25, 0.3) is 0 Å². The van der Waals surface area contributed by atoms with Crippen molar-refractivity contribution >= 4 is 11.6 Å². The molecule has 0 aliphatic rings. The van der Waals surface area contributed by atoms with Gasteiger partial charge >= 0.3 is 0 Å². The Kier molecular flexibility index (Phi) is 3.95. The zero-order valence-electron chi connectivity index (χ0n) is 11.9. The Bertz CT molecular complexity index is 591. The smallest absolute Gasteiger partial charge is 0.229 e. The van der Waals surface area contributed by atoms with Gasteiger partial charge in [0.2, 0.25) is 5.91 Å². The Morgan fingerprint density at radius 2 is 1.80 bits per heavy atom. The van der Waals surface area contributed by atoms with Crippen molar-refractivity contribution < 1.29 is 14.3 Å². The van der Waals surface area contributed by atoms with E-state index in [1.165, 1.54) is 0 Å². The van der Waals surface area contributed by atoms with Crippen LogP contribution in [0.5, 0.6) is 0 Å². The molecule has 0 bridgehead atoms. The first-order chi connectivity index (χ1) is 9.40. The Balaban J connectivity index is 2.12. The molecule has 20 heavy (non-hydrogen) atoms. The minimum atomic E-state index is -0.421. The number of anilines is 1. The zero-order valence-corrected chi connectivity index (χ0v) is 11.9. The van der Waals surface area contributed by atoms with Crippen LogP contribution in [-0.2, 0) is 11.4 Å². The molecule has 0 saturated heterocycles. The molecular weight excluding hydrogens is 254 g/mol. The molecule has 2 aromatic rings. The fourth-order valence-corrected chi connectivity index (χ4v) is 1.65. The second-order valence-corrected chi connectivity index (χ2v) is 5.71. The lowest BCUT2D eigenvalue weighted by Crippen LogP contribution is -2.27. The van der Waals surface area contributed by atoms with Crippen LogP contribution in [0, 0.1) is 5.41 Å². The van der Waals surface area contributed by atoms with Crippen LogP contribution in [0.4, 0.5) is 5.69 Å². The van der Waals surface area contributed by atoms with Crippen molar-refractivity contribution in [1.29, 1.82) is 0 Å². The van der Waals surface area contributed by atoms with E-state index in [1.807, 2.05) is 51.1 Å². The first-order valence-corrected chi connectivity index (χ1v) is 6.51. The average Bonchev–Trinajstić information content (AvgIpc) is 2.87. The lowest BCUT2D eigenvalue weighted by molar-refractivity contribution is -0.123. The third-order valence-electron chi connectivity index (χ3n) is 2.93. The highest BCUT2D eigenvalue weighted by Gasteiger charge is 2.21. The summed E-state index contributed by atoms with van der Waals surface area (Å²) in [6, 6.07) is 11.0. The molecule has 0 unspecified atom stereocenters. The molecular formula is C16H19NO3. The van der Waals surface area contributed by atoms with E-state index in [9.17, 15) is 4.79 Å². The van der Waals surface area contributed by atoms with Crippen molar-refractivity contribution in [1.82, 2.24) is 0 Å². The molecule has 1 amide bonds. The van der Waals surface area contributed by atoms with Crippen LogP contribution in [0.25, 0.3) is 11.3 Å². The topological polar surface area (TPSA) is 62.5 Å². The number of nitrogens with one attached hydrogen (secondary N) is 1. The quantitative estimate of drug-likeness (QED) is 0.900. The molecule has 0 saturated carbocycles. The molecule has 2 rings (SSSR count). The summed E-state index contributed by atoms with van der Waals surface area (Å²) >= 11 is 0. The number of amides is 1. The van der Waals surface area contributed by atoms with Crippen molar-refractivity contribution in [2.75, 3.05) is 5.32 Å². The Labute approximate surface area is 118 Å². The number of aliphatic hydroxyl groups excluding tert-OH is 1. The summed E-state index contributed by atoms with van der Waals surface area (Å²) in [5, 5.41) is 11.8. The first kappa shape index (κ1) is 14.3. The van der Waals surface area contributed by atoms with Crippen molar-refractivity contribution in [3.05, 3.63) is 42.2 Å². The predicted octanol–water partition coefficient (Wildman–Crippen LogP) is 3.42. The summed E-state index contributed by atoms with van der Waals surface area (Å²) in [5.74, 6) is 1.21. The lowest BCUT2D eigenvalue weighted by atomic mass is 9.95. The van der Waals surface area contributed by atoms with Gasteiger partial charge in [-0.15, -0.1) is 0 Å². The number of aliphatic hydroxyl groups is 1. The Morgan fingerprint density at radius 1 is 1.15 bits per heavy atom. The SMILES string of the molecule is CC(C)(C)C(=O)Nc1ccc(-c2ccc(CO)o2)cc1. The van der Waals surface area contributed by atoms with E-state index in [0.29, 0.717) is 11.5 Å². The van der Waals surface area contributed by atoms with Crippen molar-refractivity contribution in [2.24, 2.45) is 5.41 Å². The van der Waals surface area contributed by atoms with Crippen molar-refractivity contribution in [2.45, 2.75) is 27.4 Å². The van der Waals surface area contributed by atoms with Crippen LogP contribution in [0.2, 0.25) is 0 Å². The summed E-state index contributed by atoms with van der Waals surface area (Å²) in [7, 11) is 0. The molecule has 0 aliphatic heterocycles. The number of benzene rings is 1. The Morgan fingerprint density at radius 3 is 2.30 bits per heavy atom. The Hall–Kier alpha value is -2.07. The van der Waals surface area contributed by atoms with Crippen molar-refractivity contribution in [3.63, 3.8) is 0 Å². The molecule has 4 heteroatoms. The van der Waals surface area contributed by atoms with Crippen LogP contribution in [0.15, 0.2) is 40.8 Å².